The van der Waals surface area contributed by atoms with E-state index in [0.717, 1.165) is 29.9 Å². The fourth-order valence-electron chi connectivity index (χ4n) is 3.21. The Morgan fingerprint density at radius 2 is 2.16 bits per heavy atom. The van der Waals surface area contributed by atoms with Crippen molar-refractivity contribution < 1.29 is 0 Å². The Morgan fingerprint density at radius 3 is 2.89 bits per heavy atom. The molecule has 1 aliphatic carbocycles. The number of aryl methyl sites for hydroxylation is 1. The van der Waals surface area contributed by atoms with Crippen LogP contribution in [0.4, 0.5) is 0 Å². The van der Waals surface area contributed by atoms with E-state index in [0.29, 0.717) is 0 Å². The van der Waals surface area contributed by atoms with Crippen molar-refractivity contribution in [2.24, 2.45) is 11.8 Å². The zero-order valence-electron chi connectivity index (χ0n) is 12.2. The molecule has 1 nitrogen and oxygen atoms in total. The molecule has 0 aromatic heterocycles. The minimum absolute atomic E-state index is 0.831. The van der Waals surface area contributed by atoms with E-state index in [1.807, 2.05) is 12.1 Å². The summed E-state index contributed by atoms with van der Waals surface area (Å²) in [6, 6.07) is 6.16. The summed E-state index contributed by atoms with van der Waals surface area (Å²) in [4.78, 5) is 0. The Morgan fingerprint density at radius 1 is 1.32 bits per heavy atom. The largest absolute Gasteiger partial charge is 0.313 e. The molecule has 0 spiro atoms. The second-order valence-electron chi connectivity index (χ2n) is 6.17. The molecule has 2 unspecified atom stereocenters. The van der Waals surface area contributed by atoms with Crippen LogP contribution in [0.1, 0.15) is 50.2 Å². The zero-order valence-corrected chi connectivity index (χ0v) is 13.0. The maximum absolute atomic E-state index is 5.97. The first kappa shape index (κ1) is 14.9. The molecule has 0 aliphatic heterocycles. The molecule has 1 fully saturated rings. The predicted molar refractivity (Wildman–Crippen MR) is 83.6 cm³/mol. The van der Waals surface area contributed by atoms with Gasteiger partial charge in [0.15, 0.2) is 0 Å². The molecule has 2 heteroatoms. The van der Waals surface area contributed by atoms with Crippen molar-refractivity contribution in [2.45, 2.75) is 52.5 Å². The van der Waals surface area contributed by atoms with Gasteiger partial charge in [0.05, 0.1) is 0 Å². The predicted octanol–water partition coefficient (Wildman–Crippen LogP) is 4.95. The van der Waals surface area contributed by atoms with Gasteiger partial charge in [0.1, 0.15) is 0 Å². The molecule has 1 aromatic carbocycles. The van der Waals surface area contributed by atoms with Gasteiger partial charge in [0.2, 0.25) is 0 Å². The van der Waals surface area contributed by atoms with Crippen LogP contribution in [0.15, 0.2) is 18.2 Å². The highest BCUT2D eigenvalue weighted by molar-refractivity contribution is 6.30. The number of benzene rings is 1. The van der Waals surface area contributed by atoms with Crippen LogP contribution in [-0.4, -0.2) is 6.54 Å². The van der Waals surface area contributed by atoms with Crippen molar-refractivity contribution in [3.63, 3.8) is 0 Å². The van der Waals surface area contributed by atoms with Gasteiger partial charge in [-0.3, -0.25) is 0 Å². The minimum Gasteiger partial charge on any atom is -0.313 e. The van der Waals surface area contributed by atoms with Gasteiger partial charge >= 0.3 is 0 Å². The molecular weight excluding hydrogens is 254 g/mol. The summed E-state index contributed by atoms with van der Waals surface area (Å²) in [7, 11) is 0. The first-order chi connectivity index (χ1) is 9.15. The molecule has 106 valence electrons. The van der Waals surface area contributed by atoms with Gasteiger partial charge in [-0.15, -0.1) is 0 Å². The van der Waals surface area contributed by atoms with Gasteiger partial charge in [-0.2, -0.15) is 0 Å². The lowest BCUT2D eigenvalue weighted by molar-refractivity contribution is 0.267. The normalized spacial score (nSPS) is 23.5. The van der Waals surface area contributed by atoms with Crippen molar-refractivity contribution in [1.29, 1.82) is 0 Å². The Hall–Kier alpha value is -0.530. The first-order valence-electron chi connectivity index (χ1n) is 7.61. The average molecular weight is 280 g/mol. The van der Waals surface area contributed by atoms with Gasteiger partial charge in [-0.25, -0.2) is 0 Å². The lowest BCUT2D eigenvalue weighted by Gasteiger charge is -2.26. The third-order valence-electron chi connectivity index (χ3n) is 4.39. The van der Waals surface area contributed by atoms with E-state index in [9.17, 15) is 0 Å². The molecule has 0 amide bonds. The fraction of sp³-hybridized carbons (Fsp3) is 0.647. The number of nitrogens with one attached hydrogen (secondary N) is 1. The molecule has 2 rings (SSSR count). The molecule has 0 radical (unpaired) electrons. The Kier molecular flexibility index (Phi) is 5.72. The smallest absolute Gasteiger partial charge is 0.0408 e. The highest BCUT2D eigenvalue weighted by Gasteiger charge is 2.18. The van der Waals surface area contributed by atoms with E-state index in [2.05, 4.69) is 25.2 Å². The third-order valence-corrected chi connectivity index (χ3v) is 4.63. The van der Waals surface area contributed by atoms with Gasteiger partial charge in [-0.1, -0.05) is 43.9 Å². The van der Waals surface area contributed by atoms with Crippen LogP contribution in [0.25, 0.3) is 0 Å². The van der Waals surface area contributed by atoms with Crippen molar-refractivity contribution in [2.75, 3.05) is 6.54 Å². The maximum Gasteiger partial charge on any atom is 0.0408 e. The van der Waals surface area contributed by atoms with Gasteiger partial charge in [0, 0.05) is 11.6 Å². The molecule has 1 aliphatic rings. The summed E-state index contributed by atoms with van der Waals surface area (Å²) in [6.45, 7) is 6.63. The summed E-state index contributed by atoms with van der Waals surface area (Å²) >= 11 is 5.97. The monoisotopic (exact) mass is 279 g/mol. The van der Waals surface area contributed by atoms with Gasteiger partial charge in [-0.05, 0) is 61.4 Å². The van der Waals surface area contributed by atoms with Crippen LogP contribution in [0.2, 0.25) is 5.02 Å². The number of hydrogen-bond donors (Lipinski definition) is 1. The van der Waals surface area contributed by atoms with Crippen LogP contribution >= 0.6 is 11.6 Å². The summed E-state index contributed by atoms with van der Waals surface area (Å²) in [5, 5.41) is 4.41. The van der Waals surface area contributed by atoms with Gasteiger partial charge in [0.25, 0.3) is 0 Å². The average Bonchev–Trinajstić information content (AvgIpc) is 2.37. The van der Waals surface area contributed by atoms with Crippen molar-refractivity contribution in [1.82, 2.24) is 5.32 Å². The second-order valence-corrected chi connectivity index (χ2v) is 6.61. The highest BCUT2D eigenvalue weighted by Crippen LogP contribution is 2.30. The fourth-order valence-corrected chi connectivity index (χ4v) is 3.44. The summed E-state index contributed by atoms with van der Waals surface area (Å²) < 4.78 is 0. The molecule has 1 aromatic rings. The Balaban J connectivity index is 1.69. The zero-order chi connectivity index (χ0) is 13.7. The number of hydrogen-bond acceptors (Lipinski definition) is 1. The van der Waals surface area contributed by atoms with Crippen LogP contribution in [-0.2, 0) is 6.54 Å². The molecular formula is C17H26ClN. The minimum atomic E-state index is 0.831. The summed E-state index contributed by atoms with van der Waals surface area (Å²) in [5.41, 5.74) is 2.65. The van der Waals surface area contributed by atoms with Crippen LogP contribution in [0, 0.1) is 18.8 Å². The molecule has 2 atom stereocenters. The Bertz CT molecular complexity index is 402. The van der Waals surface area contributed by atoms with Crippen LogP contribution in [0.3, 0.4) is 0 Å². The molecule has 0 heterocycles. The number of rotatable bonds is 5. The Labute approximate surface area is 122 Å². The van der Waals surface area contributed by atoms with E-state index in [4.69, 9.17) is 11.6 Å². The van der Waals surface area contributed by atoms with Crippen LogP contribution in [0.5, 0.6) is 0 Å². The second kappa shape index (κ2) is 7.31. The third kappa shape index (κ3) is 4.81. The highest BCUT2D eigenvalue weighted by atomic mass is 35.5. The number of halogens is 1. The van der Waals surface area contributed by atoms with E-state index in [-0.39, 0.29) is 0 Å². The van der Waals surface area contributed by atoms with Crippen molar-refractivity contribution in [3.8, 4) is 0 Å². The molecule has 0 saturated heterocycles. The molecule has 19 heavy (non-hydrogen) atoms. The lowest BCUT2D eigenvalue weighted by atomic mass is 9.81. The van der Waals surface area contributed by atoms with E-state index in [1.165, 1.54) is 43.2 Å². The standard InChI is InChI=1S/C17H26ClN/c1-13-4-3-5-15(10-13)8-9-19-12-16-6-7-17(18)11-14(16)2/h6-7,11,13,15,19H,3-5,8-10,12H2,1-2H3. The van der Waals surface area contributed by atoms with E-state index >= 15 is 0 Å². The van der Waals surface area contributed by atoms with E-state index < -0.39 is 0 Å². The van der Waals surface area contributed by atoms with E-state index in [1.54, 1.807) is 0 Å². The molecule has 1 saturated carbocycles. The topological polar surface area (TPSA) is 12.0 Å². The molecule has 0 bridgehead atoms. The van der Waals surface area contributed by atoms with Gasteiger partial charge < -0.3 is 5.32 Å². The summed E-state index contributed by atoms with van der Waals surface area (Å²) in [5.74, 6) is 1.89. The van der Waals surface area contributed by atoms with Crippen LogP contribution < -0.4 is 5.32 Å². The lowest BCUT2D eigenvalue weighted by Crippen LogP contribution is -2.21. The quantitative estimate of drug-likeness (QED) is 0.752. The maximum atomic E-state index is 5.97. The first-order valence-corrected chi connectivity index (χ1v) is 7.98. The molecule has 1 N–H and O–H groups in total. The van der Waals surface area contributed by atoms with Crippen molar-refractivity contribution in [3.05, 3.63) is 34.3 Å². The SMILES string of the molecule is Cc1cc(Cl)ccc1CNCCC1CCCC(C)C1. The summed E-state index contributed by atoms with van der Waals surface area (Å²) in [6.07, 6.45) is 7.07. The van der Waals surface area contributed by atoms with Crippen molar-refractivity contribution >= 4 is 11.6 Å².